The fourth-order valence-electron chi connectivity index (χ4n) is 2.84. The molecular weight excluding hydrogens is 330 g/mol. The molecule has 1 N–H and O–H groups in total. The predicted octanol–water partition coefficient (Wildman–Crippen LogP) is 1.88. The number of quaternary nitrogens is 1. The second kappa shape index (κ2) is 7.93. The molecule has 0 bridgehead atoms. The van der Waals surface area contributed by atoms with Crippen molar-refractivity contribution in [3.8, 4) is 0 Å². The van der Waals surface area contributed by atoms with Gasteiger partial charge in [-0.15, -0.1) is 0 Å². The number of epoxide rings is 2. The maximum absolute atomic E-state index is 10.5. The third-order valence-corrected chi connectivity index (χ3v) is 5.04. The van der Waals surface area contributed by atoms with E-state index in [-0.39, 0.29) is 4.90 Å². The normalized spacial score (nSPS) is 24.5. The van der Waals surface area contributed by atoms with E-state index < -0.39 is 10.1 Å². The van der Waals surface area contributed by atoms with Gasteiger partial charge in [-0.05, 0) is 25.5 Å². The van der Waals surface area contributed by atoms with Gasteiger partial charge in [0.1, 0.15) is 25.3 Å². The Hall–Kier alpha value is -0.990. The first-order valence-electron chi connectivity index (χ1n) is 8.33. The van der Waals surface area contributed by atoms with Crippen LogP contribution in [0.1, 0.15) is 18.9 Å². The van der Waals surface area contributed by atoms with Crippen molar-refractivity contribution in [2.75, 3.05) is 39.9 Å². The molecular formula is C17H28NO5S+. The molecule has 0 saturated carbocycles. The summed E-state index contributed by atoms with van der Waals surface area (Å²) in [4.78, 5) is -0.0666. The van der Waals surface area contributed by atoms with Crippen LogP contribution < -0.4 is 0 Å². The third kappa shape index (κ3) is 6.86. The van der Waals surface area contributed by atoms with Gasteiger partial charge < -0.3 is 14.0 Å². The van der Waals surface area contributed by atoms with E-state index in [1.165, 1.54) is 38.2 Å². The summed E-state index contributed by atoms with van der Waals surface area (Å²) in [5.74, 6) is 0. The van der Waals surface area contributed by atoms with Crippen LogP contribution in [0.5, 0.6) is 0 Å². The Morgan fingerprint density at radius 2 is 1.58 bits per heavy atom. The van der Waals surface area contributed by atoms with Crippen LogP contribution >= 0.6 is 0 Å². The minimum atomic E-state index is -4.02. The van der Waals surface area contributed by atoms with Gasteiger partial charge in [-0.2, -0.15) is 8.42 Å². The van der Waals surface area contributed by atoms with E-state index in [1.807, 2.05) is 6.92 Å². The van der Waals surface area contributed by atoms with E-state index in [4.69, 9.17) is 14.0 Å². The number of ether oxygens (including phenoxy) is 2. The van der Waals surface area contributed by atoms with Crippen LogP contribution in [0.3, 0.4) is 0 Å². The number of likely N-dealkylation sites (N-methyl/N-ethyl adjacent to an activating group) is 1. The standard InChI is InChI=1S/C10H20NO2.C7H8O3S/c1-3-4-11(2,5-9-7-12-9)6-10-8-13-10;1-6-2-4-7(5-3-6)11(8,9)10/h9-10H,3-8H2,1-2H3;2-5H,1H3,(H,8,9,10)/q+1;. The number of aryl methyl sites for hydroxylation is 1. The van der Waals surface area contributed by atoms with Gasteiger partial charge in [-0.1, -0.05) is 24.6 Å². The Morgan fingerprint density at radius 1 is 1.12 bits per heavy atom. The minimum Gasteiger partial charge on any atom is -0.367 e. The zero-order chi connectivity index (χ0) is 17.8. The van der Waals surface area contributed by atoms with E-state index in [1.54, 1.807) is 12.1 Å². The summed E-state index contributed by atoms with van der Waals surface area (Å²) in [6.07, 6.45) is 2.32. The third-order valence-electron chi connectivity index (χ3n) is 4.18. The minimum absolute atomic E-state index is 0.0666. The topological polar surface area (TPSA) is 79.4 Å². The molecule has 6 nitrogen and oxygen atoms in total. The van der Waals surface area contributed by atoms with Gasteiger partial charge in [0.05, 0.1) is 31.7 Å². The van der Waals surface area contributed by atoms with Gasteiger partial charge in [0.2, 0.25) is 0 Å². The number of rotatable bonds is 7. The van der Waals surface area contributed by atoms with Crippen molar-refractivity contribution in [3.05, 3.63) is 29.8 Å². The molecule has 2 atom stereocenters. The predicted molar refractivity (Wildman–Crippen MR) is 91.6 cm³/mol. The first-order valence-corrected chi connectivity index (χ1v) is 9.77. The summed E-state index contributed by atoms with van der Waals surface area (Å²) < 4.78 is 41.3. The van der Waals surface area contributed by atoms with E-state index in [9.17, 15) is 8.42 Å². The van der Waals surface area contributed by atoms with Crippen LogP contribution in [0.15, 0.2) is 29.2 Å². The lowest BCUT2D eigenvalue weighted by Gasteiger charge is -2.33. The van der Waals surface area contributed by atoms with E-state index in [0.29, 0.717) is 12.2 Å². The molecule has 2 unspecified atom stereocenters. The molecule has 0 aromatic heterocycles. The van der Waals surface area contributed by atoms with Crippen LogP contribution in [-0.2, 0) is 19.6 Å². The first-order chi connectivity index (χ1) is 11.2. The smallest absolute Gasteiger partial charge is 0.294 e. The van der Waals surface area contributed by atoms with Gasteiger partial charge in [-0.3, -0.25) is 4.55 Å². The van der Waals surface area contributed by atoms with Crippen molar-refractivity contribution >= 4 is 10.1 Å². The summed E-state index contributed by atoms with van der Waals surface area (Å²) in [5.41, 5.74) is 0.956. The average molecular weight is 358 g/mol. The lowest BCUT2D eigenvalue weighted by Crippen LogP contribution is -2.49. The Morgan fingerprint density at radius 3 is 1.92 bits per heavy atom. The van der Waals surface area contributed by atoms with Gasteiger partial charge in [0, 0.05) is 0 Å². The van der Waals surface area contributed by atoms with Crippen LogP contribution in [0.4, 0.5) is 0 Å². The molecule has 0 spiro atoms. The SMILES string of the molecule is CCC[N+](C)(CC1CO1)CC1CO1.Cc1ccc(S(=O)(=O)O)cc1. The number of nitrogens with zero attached hydrogens (tertiary/aromatic N) is 1. The van der Waals surface area contributed by atoms with Crippen LogP contribution in [0.2, 0.25) is 0 Å². The van der Waals surface area contributed by atoms with E-state index in [0.717, 1.165) is 23.3 Å². The van der Waals surface area contributed by atoms with Crippen molar-refractivity contribution in [3.63, 3.8) is 0 Å². The summed E-state index contributed by atoms with van der Waals surface area (Å²) in [6, 6.07) is 5.99. The molecule has 2 aliphatic heterocycles. The maximum Gasteiger partial charge on any atom is 0.294 e. The molecule has 2 fully saturated rings. The van der Waals surface area contributed by atoms with Crippen LogP contribution in [0, 0.1) is 6.92 Å². The molecule has 1 aromatic rings. The first kappa shape index (κ1) is 19.3. The Bertz CT molecular complexity index is 607. The van der Waals surface area contributed by atoms with Gasteiger partial charge >= 0.3 is 0 Å². The fraction of sp³-hybridized carbons (Fsp3) is 0.647. The molecule has 24 heavy (non-hydrogen) atoms. The van der Waals surface area contributed by atoms with Crippen molar-refractivity contribution in [2.45, 2.75) is 37.4 Å². The lowest BCUT2D eigenvalue weighted by atomic mass is 10.2. The Balaban J connectivity index is 0.000000177. The summed E-state index contributed by atoms with van der Waals surface area (Å²) in [5, 5.41) is 0. The van der Waals surface area contributed by atoms with Crippen molar-refractivity contribution < 1.29 is 26.9 Å². The Kier molecular flexibility index (Phi) is 6.39. The quantitative estimate of drug-likeness (QED) is 0.457. The van der Waals surface area contributed by atoms with Gasteiger partial charge in [0.25, 0.3) is 10.1 Å². The second-order valence-electron chi connectivity index (χ2n) is 6.91. The zero-order valence-corrected chi connectivity index (χ0v) is 15.5. The molecule has 0 radical (unpaired) electrons. The highest BCUT2D eigenvalue weighted by molar-refractivity contribution is 7.85. The van der Waals surface area contributed by atoms with Crippen molar-refractivity contribution in [1.29, 1.82) is 0 Å². The Labute approximate surface area is 144 Å². The summed E-state index contributed by atoms with van der Waals surface area (Å²) >= 11 is 0. The average Bonchev–Trinajstić information content (AvgIpc) is 3.37. The van der Waals surface area contributed by atoms with Crippen molar-refractivity contribution in [1.82, 2.24) is 0 Å². The maximum atomic E-state index is 10.5. The molecule has 2 aliphatic rings. The molecule has 136 valence electrons. The van der Waals surface area contributed by atoms with E-state index >= 15 is 0 Å². The van der Waals surface area contributed by atoms with Crippen molar-refractivity contribution in [2.24, 2.45) is 0 Å². The molecule has 1 aromatic carbocycles. The zero-order valence-electron chi connectivity index (χ0n) is 14.6. The molecule has 0 amide bonds. The van der Waals surface area contributed by atoms with Gasteiger partial charge in [0.15, 0.2) is 0 Å². The molecule has 3 rings (SSSR count). The highest BCUT2D eigenvalue weighted by Crippen LogP contribution is 2.21. The molecule has 2 saturated heterocycles. The molecule has 2 heterocycles. The summed E-state index contributed by atoms with van der Waals surface area (Å²) in [7, 11) is -1.69. The summed E-state index contributed by atoms with van der Waals surface area (Å²) in [6.45, 7) is 9.64. The monoisotopic (exact) mass is 358 g/mol. The second-order valence-corrected chi connectivity index (χ2v) is 8.33. The highest BCUT2D eigenvalue weighted by Gasteiger charge is 2.38. The largest absolute Gasteiger partial charge is 0.367 e. The number of benzene rings is 1. The van der Waals surface area contributed by atoms with Crippen LogP contribution in [-0.4, -0.2) is 69.6 Å². The molecule has 7 heteroatoms. The van der Waals surface area contributed by atoms with Crippen LogP contribution in [0.25, 0.3) is 0 Å². The lowest BCUT2D eigenvalue weighted by molar-refractivity contribution is -0.910. The highest BCUT2D eigenvalue weighted by atomic mass is 32.2. The van der Waals surface area contributed by atoms with E-state index in [2.05, 4.69) is 14.0 Å². The number of hydrogen-bond donors (Lipinski definition) is 1. The number of hydrogen-bond acceptors (Lipinski definition) is 4. The van der Waals surface area contributed by atoms with Gasteiger partial charge in [-0.25, -0.2) is 0 Å². The molecule has 0 aliphatic carbocycles. The fourth-order valence-corrected chi connectivity index (χ4v) is 3.32.